The summed E-state index contributed by atoms with van der Waals surface area (Å²) in [6, 6.07) is 9.58. The van der Waals surface area contributed by atoms with Gasteiger partial charge in [0.2, 0.25) is 0 Å². The summed E-state index contributed by atoms with van der Waals surface area (Å²) in [5, 5.41) is 4.05. The molecule has 0 aliphatic rings. The van der Waals surface area contributed by atoms with Crippen molar-refractivity contribution in [1.82, 2.24) is 0 Å². The lowest BCUT2D eigenvalue weighted by Gasteiger charge is -2.09. The summed E-state index contributed by atoms with van der Waals surface area (Å²) < 4.78 is 0. The van der Waals surface area contributed by atoms with Crippen molar-refractivity contribution in [2.75, 3.05) is 5.32 Å². The fraction of sp³-hybridized carbons (Fsp3) is 0. The molecule has 98 valence electrons. The van der Waals surface area contributed by atoms with Crippen molar-refractivity contribution in [3.05, 3.63) is 62.1 Å². The van der Waals surface area contributed by atoms with Gasteiger partial charge in [-0.3, -0.25) is 4.79 Å². The summed E-state index contributed by atoms with van der Waals surface area (Å²) in [5.41, 5.74) is 0.681. The SMILES string of the molecule is O=C(Nc1cc(Cl)cc(Cl)c1)c1c(Cl)cccc1Cl. The van der Waals surface area contributed by atoms with E-state index in [1.54, 1.807) is 36.4 Å². The minimum atomic E-state index is -0.422. The molecule has 0 radical (unpaired) electrons. The summed E-state index contributed by atoms with van der Waals surface area (Å²) in [6.07, 6.45) is 0. The Morgan fingerprint density at radius 3 is 1.95 bits per heavy atom. The van der Waals surface area contributed by atoms with Crippen LogP contribution in [0.2, 0.25) is 20.1 Å². The minimum Gasteiger partial charge on any atom is -0.322 e. The Kier molecular flexibility index (Phi) is 4.58. The van der Waals surface area contributed by atoms with Gasteiger partial charge < -0.3 is 5.32 Å². The zero-order valence-electron chi connectivity index (χ0n) is 9.38. The average molecular weight is 335 g/mol. The quantitative estimate of drug-likeness (QED) is 0.766. The van der Waals surface area contributed by atoms with Crippen molar-refractivity contribution < 1.29 is 4.79 Å². The number of benzene rings is 2. The molecule has 19 heavy (non-hydrogen) atoms. The second-order valence-corrected chi connectivity index (χ2v) is 5.40. The fourth-order valence-corrected chi connectivity index (χ4v) is 2.63. The molecule has 0 fully saturated rings. The topological polar surface area (TPSA) is 29.1 Å². The van der Waals surface area contributed by atoms with Crippen molar-refractivity contribution in [3.63, 3.8) is 0 Å². The Balaban J connectivity index is 2.31. The van der Waals surface area contributed by atoms with Gasteiger partial charge in [-0.1, -0.05) is 52.5 Å². The van der Waals surface area contributed by atoms with Gasteiger partial charge in [0.15, 0.2) is 0 Å². The van der Waals surface area contributed by atoms with E-state index in [9.17, 15) is 4.79 Å². The van der Waals surface area contributed by atoms with Crippen molar-refractivity contribution in [3.8, 4) is 0 Å². The molecule has 0 saturated heterocycles. The molecule has 0 spiro atoms. The van der Waals surface area contributed by atoms with Crippen LogP contribution in [0.15, 0.2) is 36.4 Å². The molecule has 0 unspecified atom stereocenters. The number of amides is 1. The van der Waals surface area contributed by atoms with E-state index in [-0.39, 0.29) is 15.6 Å². The summed E-state index contributed by atoms with van der Waals surface area (Å²) in [4.78, 5) is 12.1. The Hall–Kier alpha value is -0.930. The lowest BCUT2D eigenvalue weighted by atomic mass is 10.2. The Bertz CT molecular complexity index is 602. The van der Waals surface area contributed by atoms with Gasteiger partial charge in [0, 0.05) is 15.7 Å². The largest absolute Gasteiger partial charge is 0.322 e. The van der Waals surface area contributed by atoms with Crippen molar-refractivity contribution in [1.29, 1.82) is 0 Å². The van der Waals surface area contributed by atoms with Crippen molar-refractivity contribution >= 4 is 58.0 Å². The zero-order valence-corrected chi connectivity index (χ0v) is 12.4. The van der Waals surface area contributed by atoms with Crippen LogP contribution in [0.4, 0.5) is 5.69 Å². The average Bonchev–Trinajstić information content (AvgIpc) is 2.26. The molecular formula is C13H7Cl4NO. The molecule has 2 rings (SSSR count). The Morgan fingerprint density at radius 2 is 1.42 bits per heavy atom. The summed E-state index contributed by atoms with van der Waals surface area (Å²) in [6.45, 7) is 0. The fourth-order valence-electron chi connectivity index (χ4n) is 1.53. The number of carbonyl (C=O) groups is 1. The van der Waals surface area contributed by atoms with Crippen LogP contribution in [0, 0.1) is 0 Å². The van der Waals surface area contributed by atoms with Gasteiger partial charge in [-0.05, 0) is 30.3 Å². The van der Waals surface area contributed by atoms with Crippen molar-refractivity contribution in [2.24, 2.45) is 0 Å². The normalized spacial score (nSPS) is 10.3. The van der Waals surface area contributed by atoms with Gasteiger partial charge >= 0.3 is 0 Å². The van der Waals surface area contributed by atoms with Crippen LogP contribution in [-0.4, -0.2) is 5.91 Å². The van der Waals surface area contributed by atoms with E-state index in [0.717, 1.165) is 0 Å². The molecule has 1 N–H and O–H groups in total. The molecule has 6 heteroatoms. The highest BCUT2D eigenvalue weighted by Gasteiger charge is 2.14. The van der Waals surface area contributed by atoms with E-state index in [1.807, 2.05) is 0 Å². The third kappa shape index (κ3) is 3.54. The van der Waals surface area contributed by atoms with Crippen LogP contribution < -0.4 is 5.32 Å². The predicted octanol–water partition coefficient (Wildman–Crippen LogP) is 5.55. The molecule has 2 nitrogen and oxygen atoms in total. The number of nitrogens with one attached hydrogen (secondary N) is 1. The van der Waals surface area contributed by atoms with Crippen molar-refractivity contribution in [2.45, 2.75) is 0 Å². The molecule has 0 aliphatic heterocycles. The maximum Gasteiger partial charge on any atom is 0.258 e. The first-order valence-corrected chi connectivity index (χ1v) is 6.70. The molecule has 0 saturated carbocycles. The maximum atomic E-state index is 12.1. The molecule has 2 aromatic rings. The number of halogens is 4. The molecule has 0 bridgehead atoms. The van der Waals surface area contributed by atoms with Crippen LogP contribution >= 0.6 is 46.4 Å². The standard InChI is InChI=1S/C13H7Cl4NO/c14-7-4-8(15)6-9(5-7)18-13(19)12-10(16)2-1-3-11(12)17/h1-6H,(H,18,19). The lowest BCUT2D eigenvalue weighted by molar-refractivity contribution is 0.102. The highest BCUT2D eigenvalue weighted by molar-refractivity contribution is 6.40. The third-order valence-electron chi connectivity index (χ3n) is 2.31. The summed E-state index contributed by atoms with van der Waals surface area (Å²) in [5.74, 6) is -0.422. The molecule has 2 aromatic carbocycles. The first kappa shape index (κ1) is 14.5. The smallest absolute Gasteiger partial charge is 0.258 e. The van der Waals surface area contributed by atoms with Crippen LogP contribution in [0.3, 0.4) is 0 Å². The highest BCUT2D eigenvalue weighted by atomic mass is 35.5. The first-order chi connectivity index (χ1) is 8.97. The first-order valence-electron chi connectivity index (χ1n) is 5.19. The van der Waals surface area contributed by atoms with Crippen LogP contribution in [0.25, 0.3) is 0 Å². The second-order valence-electron chi connectivity index (χ2n) is 3.71. The number of anilines is 1. The lowest BCUT2D eigenvalue weighted by Crippen LogP contribution is -2.13. The van der Waals surface area contributed by atoms with Gasteiger partial charge in [0.05, 0.1) is 15.6 Å². The van der Waals surface area contributed by atoms with Gasteiger partial charge in [-0.25, -0.2) is 0 Å². The van der Waals surface area contributed by atoms with Crippen LogP contribution in [-0.2, 0) is 0 Å². The molecule has 1 amide bonds. The maximum absolute atomic E-state index is 12.1. The number of hydrogen-bond acceptors (Lipinski definition) is 1. The molecule has 0 atom stereocenters. The van der Waals surface area contributed by atoms with E-state index in [1.165, 1.54) is 0 Å². The van der Waals surface area contributed by atoms with Gasteiger partial charge in [-0.15, -0.1) is 0 Å². The van der Waals surface area contributed by atoms with E-state index in [0.29, 0.717) is 15.7 Å². The number of carbonyl (C=O) groups excluding carboxylic acids is 1. The number of rotatable bonds is 2. The second kappa shape index (κ2) is 6.02. The van der Waals surface area contributed by atoms with Gasteiger partial charge in [0.1, 0.15) is 0 Å². The Morgan fingerprint density at radius 1 is 0.895 bits per heavy atom. The van der Waals surface area contributed by atoms with Crippen LogP contribution in [0.1, 0.15) is 10.4 Å². The molecule has 0 heterocycles. The number of hydrogen-bond donors (Lipinski definition) is 1. The predicted molar refractivity (Wildman–Crippen MR) is 80.9 cm³/mol. The van der Waals surface area contributed by atoms with E-state index >= 15 is 0 Å². The van der Waals surface area contributed by atoms with Crippen LogP contribution in [0.5, 0.6) is 0 Å². The van der Waals surface area contributed by atoms with E-state index in [2.05, 4.69) is 5.32 Å². The van der Waals surface area contributed by atoms with E-state index < -0.39 is 5.91 Å². The van der Waals surface area contributed by atoms with E-state index in [4.69, 9.17) is 46.4 Å². The van der Waals surface area contributed by atoms with Gasteiger partial charge in [-0.2, -0.15) is 0 Å². The van der Waals surface area contributed by atoms with Gasteiger partial charge in [0.25, 0.3) is 5.91 Å². The zero-order chi connectivity index (χ0) is 14.0. The summed E-state index contributed by atoms with van der Waals surface area (Å²) in [7, 11) is 0. The molecule has 0 aliphatic carbocycles. The Labute approximate surface area is 130 Å². The molecule has 0 aromatic heterocycles. The third-order valence-corrected chi connectivity index (χ3v) is 3.38. The summed E-state index contributed by atoms with van der Waals surface area (Å²) >= 11 is 23.6. The minimum absolute atomic E-state index is 0.210. The monoisotopic (exact) mass is 333 g/mol. The molecular weight excluding hydrogens is 328 g/mol. The highest BCUT2D eigenvalue weighted by Crippen LogP contribution is 2.27.